The van der Waals surface area contributed by atoms with Gasteiger partial charge in [0.25, 0.3) is 5.56 Å². The number of hydrogen-bond acceptors (Lipinski definition) is 6. The monoisotopic (exact) mass is 353 g/mol. The van der Waals surface area contributed by atoms with E-state index in [0.717, 1.165) is 19.3 Å². The Balaban J connectivity index is 2.02. The van der Waals surface area contributed by atoms with E-state index in [4.69, 9.17) is 0 Å². The molecule has 8 heteroatoms. The van der Waals surface area contributed by atoms with Crippen LogP contribution in [0.25, 0.3) is 0 Å². The quantitative estimate of drug-likeness (QED) is 0.488. The van der Waals surface area contributed by atoms with Crippen molar-refractivity contribution in [1.29, 1.82) is 0 Å². The highest BCUT2D eigenvalue weighted by atomic mass is 32.2. The zero-order chi connectivity index (χ0) is 17.7. The number of nitrogens with one attached hydrogen (secondary N) is 1. The minimum absolute atomic E-state index is 0.0423. The van der Waals surface area contributed by atoms with Gasteiger partial charge in [-0.2, -0.15) is 0 Å². The Hall–Kier alpha value is -1.83. The van der Waals surface area contributed by atoms with Crippen molar-refractivity contribution in [2.45, 2.75) is 56.8 Å². The van der Waals surface area contributed by atoms with Crippen molar-refractivity contribution in [2.24, 2.45) is 0 Å². The van der Waals surface area contributed by atoms with Crippen molar-refractivity contribution >= 4 is 23.6 Å². The molecule has 1 aliphatic heterocycles. The number of piperidine rings is 1. The number of aromatic amines is 1. The molecule has 0 radical (unpaired) electrons. The van der Waals surface area contributed by atoms with Crippen molar-refractivity contribution in [3.63, 3.8) is 0 Å². The number of methoxy groups -OCH3 is 1. The van der Waals surface area contributed by atoms with E-state index in [1.165, 1.54) is 24.9 Å². The van der Waals surface area contributed by atoms with Gasteiger partial charge in [0.2, 0.25) is 5.91 Å². The van der Waals surface area contributed by atoms with Gasteiger partial charge in [-0.3, -0.25) is 14.4 Å². The molecule has 2 heterocycles. The van der Waals surface area contributed by atoms with Crippen molar-refractivity contribution < 1.29 is 14.3 Å². The second kappa shape index (κ2) is 8.32. The number of H-pyrrole nitrogens is 1. The number of carbonyl (C=O) groups excluding carboxylic acids is 2. The van der Waals surface area contributed by atoms with Gasteiger partial charge in [-0.25, -0.2) is 4.98 Å². The summed E-state index contributed by atoms with van der Waals surface area (Å²) in [6.07, 6.45) is 3.11. The van der Waals surface area contributed by atoms with E-state index in [-0.39, 0.29) is 35.7 Å². The van der Waals surface area contributed by atoms with Crippen LogP contribution in [0, 0.1) is 0 Å². The smallest absolute Gasteiger partial charge is 0.311 e. The number of rotatable bonds is 5. The normalized spacial score (nSPS) is 20.7. The summed E-state index contributed by atoms with van der Waals surface area (Å²) >= 11 is 1.18. The van der Waals surface area contributed by atoms with Gasteiger partial charge >= 0.3 is 5.97 Å². The first-order valence-corrected chi connectivity index (χ1v) is 9.00. The zero-order valence-corrected chi connectivity index (χ0v) is 15.0. The number of aromatic nitrogens is 2. The lowest BCUT2D eigenvalue weighted by molar-refractivity contribution is -0.140. The maximum absolute atomic E-state index is 12.5. The van der Waals surface area contributed by atoms with Crippen molar-refractivity contribution in [3.8, 4) is 0 Å². The van der Waals surface area contributed by atoms with Crippen LogP contribution in [0.1, 0.15) is 38.8 Å². The molecule has 0 bridgehead atoms. The molecule has 0 saturated carbocycles. The van der Waals surface area contributed by atoms with Gasteiger partial charge in [0.1, 0.15) is 0 Å². The molecule has 1 saturated heterocycles. The molecule has 24 heavy (non-hydrogen) atoms. The summed E-state index contributed by atoms with van der Waals surface area (Å²) in [4.78, 5) is 44.2. The predicted molar refractivity (Wildman–Crippen MR) is 90.9 cm³/mol. The number of hydrogen-bond donors (Lipinski definition) is 1. The summed E-state index contributed by atoms with van der Waals surface area (Å²) in [5.74, 6) is -0.212. The molecule has 7 nitrogen and oxygen atoms in total. The van der Waals surface area contributed by atoms with E-state index in [2.05, 4.69) is 28.6 Å². The number of amides is 1. The first-order chi connectivity index (χ1) is 11.4. The van der Waals surface area contributed by atoms with E-state index in [1.807, 2.05) is 4.90 Å². The van der Waals surface area contributed by atoms with E-state index in [1.54, 1.807) is 0 Å². The summed E-state index contributed by atoms with van der Waals surface area (Å²) in [7, 11) is 1.28. The van der Waals surface area contributed by atoms with E-state index < -0.39 is 5.97 Å². The molecule has 1 fully saturated rings. The van der Waals surface area contributed by atoms with Crippen LogP contribution >= 0.6 is 11.8 Å². The molecule has 1 aromatic rings. The van der Waals surface area contributed by atoms with Crippen LogP contribution in [0.15, 0.2) is 16.0 Å². The highest BCUT2D eigenvalue weighted by Gasteiger charge is 2.28. The average Bonchev–Trinajstić information content (AvgIpc) is 2.52. The lowest BCUT2D eigenvalue weighted by Crippen LogP contribution is -2.48. The van der Waals surface area contributed by atoms with Crippen molar-refractivity contribution in [2.75, 3.05) is 12.9 Å². The Morgan fingerprint density at radius 3 is 2.67 bits per heavy atom. The fraction of sp³-hybridized carbons (Fsp3) is 0.625. The third kappa shape index (κ3) is 4.83. The molecule has 1 aromatic heterocycles. The lowest BCUT2D eigenvalue weighted by atomic mass is 9.98. The molecule has 1 amide bonds. The molecule has 0 aromatic carbocycles. The number of thioether (sulfide) groups is 1. The summed E-state index contributed by atoms with van der Waals surface area (Å²) < 4.78 is 4.58. The van der Waals surface area contributed by atoms with Crippen LogP contribution in [0.3, 0.4) is 0 Å². The molecule has 0 spiro atoms. The standard InChI is InChI=1S/C16H23N3O4S/c1-10-5-4-6-11(2)19(10)14(21)9-24-16-17-12(7-13(20)18-16)8-15(22)23-3/h7,10-11H,4-6,8-9H2,1-3H3,(H,17,18,20)/t10-,11-/m0/s1. The molecule has 0 unspecified atom stereocenters. The number of ether oxygens (including phenoxy) is 1. The molecule has 2 atom stereocenters. The Morgan fingerprint density at radius 1 is 1.38 bits per heavy atom. The molecule has 2 rings (SSSR count). The molecule has 0 aliphatic carbocycles. The molecular formula is C16H23N3O4S. The van der Waals surface area contributed by atoms with Crippen molar-refractivity contribution in [3.05, 3.63) is 22.1 Å². The SMILES string of the molecule is COC(=O)Cc1cc(=O)[nH]c(SCC(=O)N2[C@@H](C)CCC[C@@H]2C)n1. The van der Waals surface area contributed by atoms with Crippen LogP contribution in [0.4, 0.5) is 0 Å². The summed E-state index contributed by atoms with van der Waals surface area (Å²) in [5.41, 5.74) is -0.0150. The predicted octanol–water partition coefficient (Wildman–Crippen LogP) is 1.37. The highest BCUT2D eigenvalue weighted by molar-refractivity contribution is 7.99. The number of carbonyl (C=O) groups is 2. The minimum Gasteiger partial charge on any atom is -0.469 e. The van der Waals surface area contributed by atoms with Crippen LogP contribution < -0.4 is 5.56 Å². The summed E-state index contributed by atoms with van der Waals surface area (Å²) in [6, 6.07) is 1.73. The second-order valence-corrected chi connectivity index (χ2v) is 6.98. The number of likely N-dealkylation sites (tertiary alicyclic amines) is 1. The minimum atomic E-state index is -0.462. The number of esters is 1. The van der Waals surface area contributed by atoms with Gasteiger partial charge in [0, 0.05) is 18.2 Å². The highest BCUT2D eigenvalue weighted by Crippen LogP contribution is 2.24. The molecule has 1 aliphatic rings. The number of nitrogens with zero attached hydrogens (tertiary/aromatic N) is 2. The largest absolute Gasteiger partial charge is 0.469 e. The van der Waals surface area contributed by atoms with E-state index in [0.29, 0.717) is 10.9 Å². The third-order valence-corrected chi connectivity index (χ3v) is 5.00. The van der Waals surface area contributed by atoms with Gasteiger partial charge in [-0.05, 0) is 33.1 Å². The Bertz CT molecular complexity index is 651. The fourth-order valence-electron chi connectivity index (χ4n) is 2.98. The third-order valence-electron chi connectivity index (χ3n) is 4.14. The average molecular weight is 353 g/mol. The van der Waals surface area contributed by atoms with Gasteiger partial charge in [-0.1, -0.05) is 11.8 Å². The van der Waals surface area contributed by atoms with E-state index in [9.17, 15) is 14.4 Å². The topological polar surface area (TPSA) is 92.4 Å². The molecule has 1 N–H and O–H groups in total. The Labute approximate surface area is 145 Å². The zero-order valence-electron chi connectivity index (χ0n) is 14.2. The fourth-order valence-corrected chi connectivity index (χ4v) is 3.74. The molecule has 132 valence electrons. The second-order valence-electron chi connectivity index (χ2n) is 6.01. The van der Waals surface area contributed by atoms with Crippen LogP contribution in [-0.2, 0) is 20.7 Å². The lowest BCUT2D eigenvalue weighted by Gasteiger charge is -2.39. The van der Waals surface area contributed by atoms with Crippen LogP contribution in [-0.4, -0.2) is 51.7 Å². The summed E-state index contributed by atoms with van der Waals surface area (Å²) in [6.45, 7) is 4.13. The van der Waals surface area contributed by atoms with E-state index >= 15 is 0 Å². The first-order valence-electron chi connectivity index (χ1n) is 8.01. The Kier molecular flexibility index (Phi) is 6.42. The van der Waals surface area contributed by atoms with Gasteiger partial charge in [0.15, 0.2) is 5.16 Å². The van der Waals surface area contributed by atoms with Crippen LogP contribution in [0.2, 0.25) is 0 Å². The van der Waals surface area contributed by atoms with Gasteiger partial charge in [-0.15, -0.1) is 0 Å². The maximum atomic E-state index is 12.5. The van der Waals surface area contributed by atoms with Crippen LogP contribution in [0.5, 0.6) is 0 Å². The van der Waals surface area contributed by atoms with Crippen molar-refractivity contribution in [1.82, 2.24) is 14.9 Å². The maximum Gasteiger partial charge on any atom is 0.311 e. The molecular weight excluding hydrogens is 330 g/mol. The first kappa shape index (κ1) is 18.5. The van der Waals surface area contributed by atoms with Gasteiger partial charge < -0.3 is 14.6 Å². The summed E-state index contributed by atoms with van der Waals surface area (Å²) in [5, 5.41) is 0.340. The Morgan fingerprint density at radius 2 is 2.04 bits per heavy atom. The van der Waals surface area contributed by atoms with Gasteiger partial charge in [0.05, 0.1) is 25.0 Å².